The van der Waals surface area contributed by atoms with Crippen molar-refractivity contribution in [1.29, 1.82) is 0 Å². The van der Waals surface area contributed by atoms with Gasteiger partial charge in [-0.2, -0.15) is 0 Å². The fraction of sp³-hybridized carbons (Fsp3) is 0.409. The second kappa shape index (κ2) is 9.95. The molecule has 0 radical (unpaired) electrons. The first-order chi connectivity index (χ1) is 12.5. The molecule has 0 heterocycles. The maximum absolute atomic E-state index is 13.7. The van der Waals surface area contributed by atoms with E-state index in [4.69, 9.17) is 9.47 Å². The average Bonchev–Trinajstić information content (AvgIpc) is 2.62. The van der Waals surface area contributed by atoms with Crippen LogP contribution in [0.5, 0.6) is 11.5 Å². The van der Waals surface area contributed by atoms with Crippen LogP contribution in [0, 0.1) is 5.92 Å². The molecule has 0 fully saturated rings. The zero-order chi connectivity index (χ0) is 18.9. The van der Waals surface area contributed by atoms with Gasteiger partial charge in [0, 0.05) is 0 Å². The number of esters is 1. The zero-order valence-corrected chi connectivity index (χ0v) is 15.7. The Kier molecular flexibility index (Phi) is 7.64. The van der Waals surface area contributed by atoms with Gasteiger partial charge >= 0.3 is 5.97 Å². The van der Waals surface area contributed by atoms with Crippen molar-refractivity contribution in [3.8, 4) is 22.6 Å². The van der Waals surface area contributed by atoms with Gasteiger partial charge in [-0.15, -0.1) is 0 Å². The largest absolute Gasteiger partial charge is 0.494 e. The average molecular weight is 358 g/mol. The first kappa shape index (κ1) is 20.0. The van der Waals surface area contributed by atoms with E-state index in [9.17, 15) is 9.18 Å². The number of halogens is 1. The number of hydrogen-bond acceptors (Lipinski definition) is 3. The highest BCUT2D eigenvalue weighted by Gasteiger charge is 2.20. The van der Waals surface area contributed by atoms with Crippen LogP contribution in [-0.4, -0.2) is 18.7 Å². The van der Waals surface area contributed by atoms with Crippen LogP contribution in [0.1, 0.15) is 40.0 Å². The van der Waals surface area contributed by atoms with E-state index in [1.807, 2.05) is 50.2 Å². The quantitative estimate of drug-likeness (QED) is 0.322. The van der Waals surface area contributed by atoms with Gasteiger partial charge in [0.05, 0.1) is 6.61 Å². The van der Waals surface area contributed by atoms with Crippen molar-refractivity contribution < 1.29 is 18.7 Å². The minimum Gasteiger partial charge on any atom is -0.494 e. The maximum atomic E-state index is 13.7. The van der Waals surface area contributed by atoms with E-state index in [0.717, 1.165) is 36.3 Å². The molecule has 0 aliphatic heterocycles. The summed E-state index contributed by atoms with van der Waals surface area (Å²) < 4.78 is 24.5. The molecule has 140 valence electrons. The van der Waals surface area contributed by atoms with Crippen molar-refractivity contribution in [3.05, 3.63) is 48.5 Å². The predicted molar refractivity (Wildman–Crippen MR) is 102 cm³/mol. The summed E-state index contributed by atoms with van der Waals surface area (Å²) in [5, 5.41) is 0. The van der Waals surface area contributed by atoms with Crippen LogP contribution in [0.2, 0.25) is 0 Å². The van der Waals surface area contributed by atoms with Crippen molar-refractivity contribution >= 4 is 5.97 Å². The standard InChI is InChI=1S/C22H27FO3/c1-4-5-14-25-19-10-6-17(7-11-19)18-8-12-20(13-9-18)26-22(24)21(23)15-16(2)3/h6-13,16,21H,4-5,14-15H2,1-3H3. The molecule has 0 amide bonds. The van der Waals surface area contributed by atoms with E-state index in [1.165, 1.54) is 0 Å². The van der Waals surface area contributed by atoms with Gasteiger partial charge in [-0.1, -0.05) is 51.5 Å². The Morgan fingerprint density at radius 3 is 2.00 bits per heavy atom. The van der Waals surface area contributed by atoms with Gasteiger partial charge in [0.1, 0.15) is 11.5 Å². The Morgan fingerprint density at radius 2 is 1.50 bits per heavy atom. The Bertz CT molecular complexity index is 678. The first-order valence-corrected chi connectivity index (χ1v) is 9.18. The van der Waals surface area contributed by atoms with Crippen molar-refractivity contribution in [2.24, 2.45) is 5.92 Å². The zero-order valence-electron chi connectivity index (χ0n) is 15.7. The molecule has 2 aromatic rings. The Hall–Kier alpha value is -2.36. The highest BCUT2D eigenvalue weighted by molar-refractivity contribution is 5.77. The number of carbonyl (C=O) groups is 1. The predicted octanol–water partition coefficient (Wildman–Crippen LogP) is 5.82. The number of rotatable bonds is 9. The van der Waals surface area contributed by atoms with E-state index >= 15 is 0 Å². The number of unbranched alkanes of at least 4 members (excludes halogenated alkanes) is 1. The Morgan fingerprint density at radius 1 is 0.962 bits per heavy atom. The van der Waals surface area contributed by atoms with Crippen molar-refractivity contribution in [1.82, 2.24) is 0 Å². The van der Waals surface area contributed by atoms with Crippen molar-refractivity contribution in [2.45, 2.75) is 46.2 Å². The molecule has 2 rings (SSSR count). The van der Waals surface area contributed by atoms with Crippen LogP contribution in [0.25, 0.3) is 11.1 Å². The first-order valence-electron chi connectivity index (χ1n) is 9.18. The summed E-state index contributed by atoms with van der Waals surface area (Å²) in [4.78, 5) is 11.7. The number of ether oxygens (including phenoxy) is 2. The Balaban J connectivity index is 1.95. The van der Waals surface area contributed by atoms with E-state index in [-0.39, 0.29) is 12.3 Å². The van der Waals surface area contributed by atoms with Crippen LogP contribution >= 0.6 is 0 Å². The van der Waals surface area contributed by atoms with Crippen molar-refractivity contribution in [3.63, 3.8) is 0 Å². The van der Waals surface area contributed by atoms with Crippen LogP contribution in [-0.2, 0) is 4.79 Å². The van der Waals surface area contributed by atoms with E-state index in [0.29, 0.717) is 5.75 Å². The van der Waals surface area contributed by atoms with Gasteiger partial charge in [-0.25, -0.2) is 9.18 Å². The molecule has 0 spiro atoms. The second-order valence-corrected chi connectivity index (χ2v) is 6.77. The molecule has 3 nitrogen and oxygen atoms in total. The molecule has 4 heteroatoms. The number of carbonyl (C=O) groups excluding carboxylic acids is 1. The van der Waals surface area contributed by atoms with Crippen LogP contribution < -0.4 is 9.47 Å². The lowest BCUT2D eigenvalue weighted by atomic mass is 10.1. The number of benzene rings is 2. The number of hydrogen-bond donors (Lipinski definition) is 0. The summed E-state index contributed by atoms with van der Waals surface area (Å²) in [5.41, 5.74) is 2.03. The molecule has 0 N–H and O–H groups in total. The van der Waals surface area contributed by atoms with Gasteiger partial charge in [0.25, 0.3) is 0 Å². The second-order valence-electron chi connectivity index (χ2n) is 6.77. The molecule has 0 saturated carbocycles. The third-order valence-electron chi connectivity index (χ3n) is 3.96. The molecule has 0 saturated heterocycles. The summed E-state index contributed by atoms with van der Waals surface area (Å²) in [6.45, 7) is 6.59. The third kappa shape index (κ3) is 6.17. The summed E-state index contributed by atoms with van der Waals surface area (Å²) in [6.07, 6.45) is 0.729. The Labute approximate surface area is 155 Å². The summed E-state index contributed by atoms with van der Waals surface area (Å²) >= 11 is 0. The topological polar surface area (TPSA) is 35.5 Å². The number of alkyl halides is 1. The van der Waals surface area contributed by atoms with Gasteiger partial charge in [0.2, 0.25) is 0 Å². The highest BCUT2D eigenvalue weighted by Crippen LogP contribution is 2.25. The van der Waals surface area contributed by atoms with Crippen molar-refractivity contribution in [2.75, 3.05) is 6.61 Å². The lowest BCUT2D eigenvalue weighted by molar-refractivity contribution is -0.140. The summed E-state index contributed by atoms with van der Waals surface area (Å²) in [7, 11) is 0. The molecule has 0 aromatic heterocycles. The van der Waals surface area contributed by atoms with Crippen LogP contribution in [0.3, 0.4) is 0 Å². The minimum atomic E-state index is -1.59. The van der Waals surface area contributed by atoms with Crippen LogP contribution in [0.4, 0.5) is 4.39 Å². The van der Waals surface area contributed by atoms with Gasteiger partial charge in [-0.05, 0) is 54.2 Å². The van der Waals surface area contributed by atoms with Gasteiger partial charge in [0.15, 0.2) is 6.17 Å². The molecule has 1 unspecified atom stereocenters. The monoisotopic (exact) mass is 358 g/mol. The van der Waals surface area contributed by atoms with Gasteiger partial charge in [-0.3, -0.25) is 0 Å². The molecule has 0 aliphatic rings. The van der Waals surface area contributed by atoms with Gasteiger partial charge < -0.3 is 9.47 Å². The van der Waals surface area contributed by atoms with E-state index in [1.54, 1.807) is 12.1 Å². The molecular formula is C22H27FO3. The highest BCUT2D eigenvalue weighted by atomic mass is 19.1. The molecule has 0 aliphatic carbocycles. The van der Waals surface area contributed by atoms with E-state index in [2.05, 4.69) is 6.92 Å². The fourth-order valence-electron chi connectivity index (χ4n) is 2.48. The van der Waals surface area contributed by atoms with E-state index < -0.39 is 12.1 Å². The lowest BCUT2D eigenvalue weighted by Gasteiger charge is -2.11. The molecule has 26 heavy (non-hydrogen) atoms. The third-order valence-corrected chi connectivity index (χ3v) is 3.96. The maximum Gasteiger partial charge on any atom is 0.346 e. The molecule has 0 bridgehead atoms. The van der Waals surface area contributed by atoms with Crippen LogP contribution in [0.15, 0.2) is 48.5 Å². The molecule has 2 aromatic carbocycles. The minimum absolute atomic E-state index is 0.105. The summed E-state index contributed by atoms with van der Waals surface area (Å²) in [6, 6.07) is 14.9. The molecule has 1 atom stereocenters. The smallest absolute Gasteiger partial charge is 0.346 e. The summed E-state index contributed by atoms with van der Waals surface area (Å²) in [5.74, 6) is 0.477. The normalized spacial score (nSPS) is 12.0. The SMILES string of the molecule is CCCCOc1ccc(-c2ccc(OC(=O)C(F)CC(C)C)cc2)cc1. The molecular weight excluding hydrogens is 331 g/mol. The lowest BCUT2D eigenvalue weighted by Crippen LogP contribution is -2.23. The fourth-order valence-corrected chi connectivity index (χ4v) is 2.48.